The Kier molecular flexibility index (Phi) is 3.69. The maximum absolute atomic E-state index is 12.3. The van der Waals surface area contributed by atoms with Crippen molar-refractivity contribution in [2.75, 3.05) is 26.7 Å². The van der Waals surface area contributed by atoms with E-state index in [0.29, 0.717) is 6.04 Å². The Labute approximate surface area is 97.5 Å². The average molecular weight is 226 g/mol. The van der Waals surface area contributed by atoms with E-state index in [0.717, 1.165) is 32.5 Å². The normalized spacial score (nSPS) is 24.9. The monoisotopic (exact) mass is 226 g/mol. The number of likely N-dealkylation sites (tertiary alicyclic amines) is 1. The van der Waals surface area contributed by atoms with Gasteiger partial charge in [0.15, 0.2) is 0 Å². The highest BCUT2D eigenvalue weighted by Gasteiger charge is 2.36. The summed E-state index contributed by atoms with van der Waals surface area (Å²) in [5.41, 5.74) is 0. The molecule has 0 aromatic rings. The van der Waals surface area contributed by atoms with Gasteiger partial charge in [0, 0.05) is 32.8 Å². The molecule has 16 heavy (non-hydrogen) atoms. The largest absolute Gasteiger partial charge is 0.380 e. The molecule has 1 saturated carbocycles. The zero-order valence-electron chi connectivity index (χ0n) is 10.3. The molecule has 0 N–H and O–H groups in total. The third kappa shape index (κ3) is 2.48. The molecule has 2 fully saturated rings. The van der Waals surface area contributed by atoms with E-state index in [9.17, 15) is 4.79 Å². The number of methoxy groups -OCH3 is 1. The summed E-state index contributed by atoms with van der Waals surface area (Å²) in [4.78, 5) is 16.3. The number of rotatable bonds is 4. The maximum atomic E-state index is 12.3. The van der Waals surface area contributed by atoms with E-state index in [4.69, 9.17) is 4.74 Å². The zero-order valence-corrected chi connectivity index (χ0v) is 10.3. The van der Waals surface area contributed by atoms with Gasteiger partial charge in [0.05, 0.1) is 6.10 Å². The third-order valence-corrected chi connectivity index (χ3v) is 3.45. The van der Waals surface area contributed by atoms with Gasteiger partial charge in [-0.05, 0) is 25.7 Å². The molecule has 2 rings (SSSR count). The van der Waals surface area contributed by atoms with E-state index in [2.05, 4.69) is 11.8 Å². The lowest BCUT2D eigenvalue weighted by atomic mass is 10.3. The highest BCUT2D eigenvalue weighted by molar-refractivity contribution is 5.75. The van der Waals surface area contributed by atoms with Crippen LogP contribution in [-0.4, -0.2) is 54.7 Å². The number of hydrogen-bond acceptors (Lipinski definition) is 2. The van der Waals surface area contributed by atoms with Gasteiger partial charge >= 0.3 is 6.03 Å². The molecule has 0 spiro atoms. The van der Waals surface area contributed by atoms with E-state index in [-0.39, 0.29) is 12.1 Å². The molecule has 4 heteroatoms. The van der Waals surface area contributed by atoms with Crippen molar-refractivity contribution in [3.05, 3.63) is 0 Å². The first kappa shape index (κ1) is 11.7. The van der Waals surface area contributed by atoms with Crippen LogP contribution in [0.15, 0.2) is 0 Å². The van der Waals surface area contributed by atoms with Gasteiger partial charge in [0.25, 0.3) is 0 Å². The second-order valence-corrected chi connectivity index (χ2v) is 4.80. The van der Waals surface area contributed by atoms with Gasteiger partial charge in [0.2, 0.25) is 0 Å². The fraction of sp³-hybridized carbons (Fsp3) is 0.917. The Morgan fingerprint density at radius 3 is 2.69 bits per heavy atom. The van der Waals surface area contributed by atoms with Crippen LogP contribution in [0.2, 0.25) is 0 Å². The SMILES string of the molecule is CCCN(C(=O)N1CCC(OC)C1)C1CC1. The summed E-state index contributed by atoms with van der Waals surface area (Å²) in [7, 11) is 1.73. The fourth-order valence-corrected chi connectivity index (χ4v) is 2.34. The number of carbonyl (C=O) groups is 1. The van der Waals surface area contributed by atoms with Gasteiger partial charge < -0.3 is 14.5 Å². The molecular weight excluding hydrogens is 204 g/mol. The topological polar surface area (TPSA) is 32.8 Å². The lowest BCUT2D eigenvalue weighted by Gasteiger charge is -2.27. The first-order valence-corrected chi connectivity index (χ1v) is 6.34. The van der Waals surface area contributed by atoms with Crippen LogP contribution >= 0.6 is 0 Å². The highest BCUT2D eigenvalue weighted by atomic mass is 16.5. The number of carbonyl (C=O) groups excluding carboxylic acids is 1. The molecule has 2 aliphatic rings. The molecule has 4 nitrogen and oxygen atoms in total. The smallest absolute Gasteiger partial charge is 0.320 e. The second-order valence-electron chi connectivity index (χ2n) is 4.80. The zero-order chi connectivity index (χ0) is 11.5. The molecule has 1 heterocycles. The van der Waals surface area contributed by atoms with Crippen molar-refractivity contribution in [3.8, 4) is 0 Å². The summed E-state index contributed by atoms with van der Waals surface area (Å²) < 4.78 is 5.29. The summed E-state index contributed by atoms with van der Waals surface area (Å²) in [5.74, 6) is 0. The summed E-state index contributed by atoms with van der Waals surface area (Å²) in [6, 6.07) is 0.748. The molecule has 1 aliphatic heterocycles. The van der Waals surface area contributed by atoms with Crippen LogP contribution in [0.3, 0.4) is 0 Å². The van der Waals surface area contributed by atoms with Crippen molar-refractivity contribution in [1.82, 2.24) is 9.80 Å². The van der Waals surface area contributed by atoms with Gasteiger partial charge in [-0.3, -0.25) is 0 Å². The van der Waals surface area contributed by atoms with E-state index in [1.165, 1.54) is 12.8 Å². The van der Waals surface area contributed by atoms with Crippen molar-refractivity contribution >= 4 is 6.03 Å². The van der Waals surface area contributed by atoms with Crippen molar-refractivity contribution in [2.45, 2.75) is 44.8 Å². The van der Waals surface area contributed by atoms with Crippen LogP contribution in [0.5, 0.6) is 0 Å². The fourth-order valence-electron chi connectivity index (χ4n) is 2.34. The van der Waals surface area contributed by atoms with Gasteiger partial charge in [-0.2, -0.15) is 0 Å². The predicted molar refractivity (Wildman–Crippen MR) is 62.4 cm³/mol. The molecule has 2 amide bonds. The summed E-state index contributed by atoms with van der Waals surface area (Å²) in [5, 5.41) is 0. The quantitative estimate of drug-likeness (QED) is 0.731. The molecule has 0 aromatic heterocycles. The van der Waals surface area contributed by atoms with Gasteiger partial charge in [0.1, 0.15) is 0 Å². The molecule has 0 aromatic carbocycles. The van der Waals surface area contributed by atoms with Crippen molar-refractivity contribution in [3.63, 3.8) is 0 Å². The Hall–Kier alpha value is -0.770. The first-order valence-electron chi connectivity index (χ1n) is 6.34. The molecular formula is C12H22N2O2. The lowest BCUT2D eigenvalue weighted by Crippen LogP contribution is -2.44. The molecule has 0 radical (unpaired) electrons. The summed E-state index contributed by atoms with van der Waals surface area (Å²) in [6.07, 6.45) is 4.64. The Morgan fingerprint density at radius 1 is 1.44 bits per heavy atom. The van der Waals surface area contributed by atoms with E-state index < -0.39 is 0 Å². The predicted octanol–water partition coefficient (Wildman–Crippen LogP) is 1.70. The number of ether oxygens (including phenoxy) is 1. The highest BCUT2D eigenvalue weighted by Crippen LogP contribution is 2.28. The minimum atomic E-state index is 0.226. The average Bonchev–Trinajstić information content (AvgIpc) is 3.02. The van der Waals surface area contributed by atoms with Gasteiger partial charge in [-0.1, -0.05) is 6.92 Å². The van der Waals surface area contributed by atoms with Crippen LogP contribution in [0, 0.1) is 0 Å². The first-order chi connectivity index (χ1) is 7.76. The van der Waals surface area contributed by atoms with Crippen molar-refractivity contribution < 1.29 is 9.53 Å². The van der Waals surface area contributed by atoms with Crippen LogP contribution in [0.4, 0.5) is 4.79 Å². The lowest BCUT2D eigenvalue weighted by molar-refractivity contribution is 0.105. The summed E-state index contributed by atoms with van der Waals surface area (Å²) in [6.45, 7) is 4.65. The minimum Gasteiger partial charge on any atom is -0.380 e. The van der Waals surface area contributed by atoms with Crippen LogP contribution < -0.4 is 0 Å². The van der Waals surface area contributed by atoms with Crippen LogP contribution in [0.1, 0.15) is 32.6 Å². The Bertz CT molecular complexity index is 253. The molecule has 1 aliphatic carbocycles. The molecule has 92 valence electrons. The van der Waals surface area contributed by atoms with Crippen molar-refractivity contribution in [1.29, 1.82) is 0 Å². The van der Waals surface area contributed by atoms with Gasteiger partial charge in [-0.15, -0.1) is 0 Å². The molecule has 0 bridgehead atoms. The molecule has 1 saturated heterocycles. The standard InChI is InChI=1S/C12H22N2O2/c1-3-7-14(10-4-5-10)12(15)13-8-6-11(9-13)16-2/h10-11H,3-9H2,1-2H3. The van der Waals surface area contributed by atoms with Crippen molar-refractivity contribution in [2.24, 2.45) is 0 Å². The van der Waals surface area contributed by atoms with E-state index in [1.54, 1.807) is 7.11 Å². The van der Waals surface area contributed by atoms with Crippen LogP contribution in [-0.2, 0) is 4.74 Å². The van der Waals surface area contributed by atoms with Crippen LogP contribution in [0.25, 0.3) is 0 Å². The second kappa shape index (κ2) is 5.04. The third-order valence-electron chi connectivity index (χ3n) is 3.45. The number of hydrogen-bond donors (Lipinski definition) is 0. The molecule has 1 unspecified atom stereocenters. The van der Waals surface area contributed by atoms with Gasteiger partial charge in [-0.25, -0.2) is 4.79 Å². The Morgan fingerprint density at radius 2 is 2.19 bits per heavy atom. The number of amides is 2. The minimum absolute atomic E-state index is 0.226. The van der Waals surface area contributed by atoms with E-state index >= 15 is 0 Å². The maximum Gasteiger partial charge on any atom is 0.320 e. The number of nitrogens with zero attached hydrogens (tertiary/aromatic N) is 2. The molecule has 1 atom stereocenters. The number of urea groups is 1. The van der Waals surface area contributed by atoms with E-state index in [1.807, 2.05) is 4.90 Å². The summed E-state index contributed by atoms with van der Waals surface area (Å²) >= 11 is 0. The Balaban J connectivity index is 1.89.